The first-order valence-corrected chi connectivity index (χ1v) is 9.93. The van der Waals surface area contributed by atoms with Gasteiger partial charge >= 0.3 is 0 Å². The van der Waals surface area contributed by atoms with Crippen LogP contribution >= 0.6 is 0 Å². The predicted octanol–water partition coefficient (Wildman–Crippen LogP) is 4.20. The van der Waals surface area contributed by atoms with Crippen molar-refractivity contribution in [2.75, 3.05) is 6.54 Å². The number of benzene rings is 2. The van der Waals surface area contributed by atoms with Gasteiger partial charge in [-0.25, -0.2) is 0 Å². The number of ether oxygens (including phenoxy) is 1. The largest absolute Gasteiger partial charge is 0.489 e. The molecule has 0 spiro atoms. The van der Waals surface area contributed by atoms with Gasteiger partial charge in [0, 0.05) is 41.9 Å². The first-order chi connectivity index (χ1) is 14.3. The molecule has 146 valence electrons. The summed E-state index contributed by atoms with van der Waals surface area (Å²) < 4.78 is 13.4. The van der Waals surface area contributed by atoms with E-state index in [2.05, 4.69) is 5.32 Å². The fourth-order valence-corrected chi connectivity index (χ4v) is 3.83. The number of furan rings is 1. The number of pyridine rings is 1. The molecule has 29 heavy (non-hydrogen) atoms. The highest BCUT2D eigenvalue weighted by atomic mass is 16.5. The number of aryl methyl sites for hydroxylation is 1. The molecule has 0 unspecified atom stereocenters. The normalized spacial score (nSPS) is 13.8. The molecular formula is C24H22N2O3. The van der Waals surface area contributed by atoms with Crippen LogP contribution < -0.4 is 15.6 Å². The Morgan fingerprint density at radius 3 is 2.83 bits per heavy atom. The molecule has 0 saturated carbocycles. The highest BCUT2D eigenvalue weighted by Crippen LogP contribution is 2.30. The number of hydrogen-bond donors (Lipinski definition) is 1. The Morgan fingerprint density at radius 1 is 1.07 bits per heavy atom. The Balaban J connectivity index is 1.43. The number of nitrogens with one attached hydrogen (secondary N) is 1. The predicted molar refractivity (Wildman–Crippen MR) is 113 cm³/mol. The van der Waals surface area contributed by atoms with Crippen LogP contribution in [0.3, 0.4) is 0 Å². The van der Waals surface area contributed by atoms with E-state index in [1.165, 1.54) is 11.6 Å². The number of rotatable bonds is 4. The summed E-state index contributed by atoms with van der Waals surface area (Å²) in [5.74, 6) is 1.62. The average molecular weight is 386 g/mol. The van der Waals surface area contributed by atoms with Gasteiger partial charge in [0.25, 0.3) is 5.56 Å². The molecule has 2 aromatic carbocycles. The summed E-state index contributed by atoms with van der Waals surface area (Å²) in [7, 11) is 0. The lowest BCUT2D eigenvalue weighted by molar-refractivity contribution is 0.305. The molecule has 5 heteroatoms. The van der Waals surface area contributed by atoms with Crippen molar-refractivity contribution >= 4 is 11.0 Å². The summed E-state index contributed by atoms with van der Waals surface area (Å²) in [5.41, 5.74) is 3.84. The molecule has 5 rings (SSSR count). The van der Waals surface area contributed by atoms with E-state index in [-0.39, 0.29) is 5.56 Å². The smallest absolute Gasteiger partial charge is 0.258 e. The molecule has 0 fully saturated rings. The van der Waals surface area contributed by atoms with Crippen LogP contribution in [0.4, 0.5) is 0 Å². The lowest BCUT2D eigenvalue weighted by Gasteiger charge is -2.09. The molecule has 0 atom stereocenters. The molecule has 1 N–H and O–H groups in total. The molecule has 0 amide bonds. The van der Waals surface area contributed by atoms with Gasteiger partial charge in [-0.15, -0.1) is 0 Å². The van der Waals surface area contributed by atoms with Gasteiger partial charge < -0.3 is 14.5 Å². The van der Waals surface area contributed by atoms with Gasteiger partial charge in [0.15, 0.2) is 0 Å². The molecule has 0 aliphatic carbocycles. The Bertz CT molecular complexity index is 1210. The van der Waals surface area contributed by atoms with E-state index in [9.17, 15) is 4.79 Å². The second-order valence-corrected chi connectivity index (χ2v) is 7.31. The minimum Gasteiger partial charge on any atom is -0.489 e. The molecule has 0 bridgehead atoms. The fourth-order valence-electron chi connectivity index (χ4n) is 3.83. The van der Waals surface area contributed by atoms with Crippen LogP contribution in [-0.2, 0) is 19.6 Å². The highest BCUT2D eigenvalue weighted by Gasteiger charge is 2.17. The zero-order valence-corrected chi connectivity index (χ0v) is 16.1. The topological polar surface area (TPSA) is 56.4 Å². The molecular weight excluding hydrogens is 364 g/mol. The van der Waals surface area contributed by atoms with Gasteiger partial charge in [0.2, 0.25) is 0 Å². The maximum absolute atomic E-state index is 12.7. The number of aromatic nitrogens is 1. The fraction of sp³-hybridized carbons (Fsp3) is 0.208. The number of hydrogen-bond acceptors (Lipinski definition) is 4. The van der Waals surface area contributed by atoms with Gasteiger partial charge in [-0.2, -0.15) is 0 Å². The van der Waals surface area contributed by atoms with Gasteiger partial charge in [-0.3, -0.25) is 9.36 Å². The summed E-state index contributed by atoms with van der Waals surface area (Å²) >= 11 is 0. The van der Waals surface area contributed by atoms with Crippen molar-refractivity contribution in [3.05, 3.63) is 94.1 Å². The Hall–Kier alpha value is -3.31. The average Bonchev–Trinajstić information content (AvgIpc) is 2.93. The number of fused-ring (bicyclic) bond motifs is 3. The Labute approximate surface area is 168 Å². The maximum atomic E-state index is 12.7. The van der Waals surface area contributed by atoms with Crippen LogP contribution in [0.15, 0.2) is 76.1 Å². The second-order valence-electron chi connectivity index (χ2n) is 7.31. The minimum absolute atomic E-state index is 0.123. The van der Waals surface area contributed by atoms with E-state index in [4.69, 9.17) is 9.15 Å². The molecule has 1 aliphatic rings. The van der Waals surface area contributed by atoms with Gasteiger partial charge in [0.05, 0.1) is 0 Å². The van der Waals surface area contributed by atoms with Crippen LogP contribution in [0.1, 0.15) is 23.3 Å². The second kappa shape index (κ2) is 7.60. The van der Waals surface area contributed by atoms with Crippen molar-refractivity contribution in [3.8, 4) is 11.4 Å². The maximum Gasteiger partial charge on any atom is 0.258 e. The first-order valence-electron chi connectivity index (χ1n) is 9.93. The van der Waals surface area contributed by atoms with Crippen molar-refractivity contribution in [2.45, 2.75) is 26.0 Å². The van der Waals surface area contributed by atoms with Crippen LogP contribution in [-0.4, -0.2) is 11.1 Å². The number of nitrogens with zero attached hydrogens (tertiary/aromatic N) is 1. The minimum atomic E-state index is -0.123. The summed E-state index contributed by atoms with van der Waals surface area (Å²) in [4.78, 5) is 12.7. The third kappa shape index (κ3) is 3.57. The quantitative estimate of drug-likeness (QED) is 0.571. The zero-order valence-electron chi connectivity index (χ0n) is 16.1. The standard InChI is InChI=1S/C24H22N2O3/c27-24-14-19(28-16-17-5-2-1-3-6-17)10-12-26(24)18-8-9-23-20(13-18)21-15-25-11-4-7-22(21)29-23/h1-3,5-6,8-10,12-14,25H,4,7,11,15-16H2. The van der Waals surface area contributed by atoms with Gasteiger partial charge in [-0.1, -0.05) is 30.3 Å². The van der Waals surface area contributed by atoms with Crippen LogP contribution in [0.5, 0.6) is 5.75 Å². The van der Waals surface area contributed by atoms with Crippen LogP contribution in [0.25, 0.3) is 16.7 Å². The molecule has 0 saturated heterocycles. The summed E-state index contributed by atoms with van der Waals surface area (Å²) in [6, 6.07) is 19.2. The summed E-state index contributed by atoms with van der Waals surface area (Å²) in [5, 5.41) is 4.51. The van der Waals surface area contributed by atoms with Crippen LogP contribution in [0.2, 0.25) is 0 Å². The van der Waals surface area contributed by atoms with E-state index in [0.29, 0.717) is 12.4 Å². The van der Waals surface area contributed by atoms with Crippen molar-refractivity contribution in [1.29, 1.82) is 0 Å². The third-order valence-corrected chi connectivity index (χ3v) is 5.33. The lowest BCUT2D eigenvalue weighted by atomic mass is 10.1. The molecule has 1 aliphatic heterocycles. The van der Waals surface area contributed by atoms with Crippen LogP contribution in [0, 0.1) is 0 Å². The molecule has 0 radical (unpaired) electrons. The SMILES string of the molecule is O=c1cc(OCc2ccccc2)ccn1-c1ccc2oc3c(c2c1)CNCCC3. The van der Waals surface area contributed by atoms with Crippen molar-refractivity contribution in [2.24, 2.45) is 0 Å². The van der Waals surface area contributed by atoms with E-state index in [1.807, 2.05) is 54.6 Å². The van der Waals surface area contributed by atoms with Crippen molar-refractivity contribution in [1.82, 2.24) is 9.88 Å². The van der Waals surface area contributed by atoms with E-state index >= 15 is 0 Å². The molecule has 3 heterocycles. The summed E-state index contributed by atoms with van der Waals surface area (Å²) in [6.45, 7) is 2.23. The zero-order chi connectivity index (χ0) is 19.6. The third-order valence-electron chi connectivity index (χ3n) is 5.33. The molecule has 2 aromatic heterocycles. The first kappa shape index (κ1) is 17.8. The summed E-state index contributed by atoms with van der Waals surface area (Å²) in [6.07, 6.45) is 3.78. The van der Waals surface area contributed by atoms with E-state index in [0.717, 1.165) is 53.9 Å². The highest BCUT2D eigenvalue weighted by molar-refractivity contribution is 5.84. The van der Waals surface area contributed by atoms with Crippen molar-refractivity contribution in [3.63, 3.8) is 0 Å². The van der Waals surface area contributed by atoms with Gasteiger partial charge in [0.1, 0.15) is 23.7 Å². The Kier molecular flexibility index (Phi) is 4.66. The van der Waals surface area contributed by atoms with Crippen molar-refractivity contribution < 1.29 is 9.15 Å². The van der Waals surface area contributed by atoms with Gasteiger partial charge in [-0.05, 0) is 42.8 Å². The monoisotopic (exact) mass is 386 g/mol. The Morgan fingerprint density at radius 2 is 1.97 bits per heavy atom. The van der Waals surface area contributed by atoms with E-state index in [1.54, 1.807) is 10.8 Å². The molecule has 5 nitrogen and oxygen atoms in total. The molecule has 4 aromatic rings. The lowest BCUT2D eigenvalue weighted by Crippen LogP contribution is -2.16. The van der Waals surface area contributed by atoms with E-state index < -0.39 is 0 Å².